The number of aromatic carboxylic acids is 1. The SMILES string of the molecule is O=C(O)c1ccc2nc(CN3CCC(c4cccc5c4OCC=C5F)CC3)n(CC3(CF)CC3)c2n1. The van der Waals surface area contributed by atoms with Crippen LogP contribution in [0.1, 0.15) is 59.0 Å². The number of nitrogens with zero attached hydrogens (tertiary/aromatic N) is 4. The first-order valence-electron chi connectivity index (χ1n) is 12.5. The van der Waals surface area contributed by atoms with Crippen LogP contribution in [-0.2, 0) is 13.1 Å². The molecule has 1 N–H and O–H groups in total. The number of carboxylic acids is 1. The molecule has 0 atom stereocenters. The zero-order valence-corrected chi connectivity index (χ0v) is 19.9. The van der Waals surface area contributed by atoms with Gasteiger partial charge >= 0.3 is 5.97 Å². The van der Waals surface area contributed by atoms with Gasteiger partial charge in [0, 0.05) is 12.0 Å². The molecule has 2 aliphatic heterocycles. The Balaban J connectivity index is 1.22. The molecule has 0 bridgehead atoms. The smallest absolute Gasteiger partial charge is 0.354 e. The summed E-state index contributed by atoms with van der Waals surface area (Å²) in [5.74, 6) is 0.407. The van der Waals surface area contributed by atoms with Crippen molar-refractivity contribution in [1.29, 1.82) is 0 Å². The molecule has 1 aliphatic carbocycles. The maximum Gasteiger partial charge on any atom is 0.354 e. The second-order valence-corrected chi connectivity index (χ2v) is 10.2. The zero-order valence-electron chi connectivity index (χ0n) is 19.9. The Bertz CT molecular complexity index is 1360. The number of ether oxygens (including phenoxy) is 1. The monoisotopic (exact) mass is 494 g/mol. The van der Waals surface area contributed by atoms with Gasteiger partial charge in [0.1, 0.15) is 29.5 Å². The zero-order chi connectivity index (χ0) is 24.9. The second kappa shape index (κ2) is 8.96. The maximum absolute atomic E-state index is 14.3. The van der Waals surface area contributed by atoms with E-state index in [-0.39, 0.29) is 24.0 Å². The van der Waals surface area contributed by atoms with E-state index in [1.54, 1.807) is 12.1 Å². The lowest BCUT2D eigenvalue weighted by Crippen LogP contribution is -2.34. The van der Waals surface area contributed by atoms with Crippen molar-refractivity contribution >= 4 is 23.0 Å². The molecule has 6 rings (SSSR count). The number of para-hydroxylation sites is 1. The molecule has 1 aromatic carbocycles. The van der Waals surface area contributed by atoms with E-state index in [1.165, 1.54) is 12.1 Å². The molecular weight excluding hydrogens is 466 g/mol. The van der Waals surface area contributed by atoms with Gasteiger partial charge in [-0.1, -0.05) is 12.1 Å². The lowest BCUT2D eigenvalue weighted by Gasteiger charge is -2.33. The van der Waals surface area contributed by atoms with E-state index in [2.05, 4.69) is 9.88 Å². The summed E-state index contributed by atoms with van der Waals surface area (Å²) in [5.41, 5.74) is 2.29. The van der Waals surface area contributed by atoms with Crippen molar-refractivity contribution in [3.8, 4) is 5.75 Å². The number of rotatable bonds is 7. The Morgan fingerprint density at radius 3 is 2.69 bits per heavy atom. The number of piperidine rings is 1. The number of halogens is 2. The molecule has 3 aliphatic rings. The molecular formula is C27H28F2N4O3. The number of pyridine rings is 1. The van der Waals surface area contributed by atoms with Gasteiger partial charge in [-0.15, -0.1) is 0 Å². The minimum atomic E-state index is -1.10. The van der Waals surface area contributed by atoms with Crippen LogP contribution < -0.4 is 4.74 Å². The van der Waals surface area contributed by atoms with Crippen molar-refractivity contribution in [3.63, 3.8) is 0 Å². The van der Waals surface area contributed by atoms with Gasteiger partial charge in [-0.05, 0) is 74.5 Å². The van der Waals surface area contributed by atoms with E-state index in [0.29, 0.717) is 35.6 Å². The molecule has 9 heteroatoms. The highest BCUT2D eigenvalue weighted by atomic mass is 19.1. The van der Waals surface area contributed by atoms with Gasteiger partial charge in [-0.25, -0.2) is 19.2 Å². The van der Waals surface area contributed by atoms with Crippen LogP contribution in [0.25, 0.3) is 17.0 Å². The molecule has 7 nitrogen and oxygen atoms in total. The number of carbonyl (C=O) groups is 1. The van der Waals surface area contributed by atoms with E-state index in [0.717, 1.165) is 50.2 Å². The number of hydrogen-bond donors (Lipinski definition) is 1. The molecule has 0 unspecified atom stereocenters. The van der Waals surface area contributed by atoms with Gasteiger partial charge in [-0.3, -0.25) is 9.29 Å². The first-order chi connectivity index (χ1) is 17.5. The van der Waals surface area contributed by atoms with Crippen LogP contribution in [0.15, 0.2) is 36.4 Å². The molecule has 1 saturated heterocycles. The molecule has 4 heterocycles. The van der Waals surface area contributed by atoms with Crippen LogP contribution in [0.2, 0.25) is 0 Å². The summed E-state index contributed by atoms with van der Waals surface area (Å²) in [7, 11) is 0. The van der Waals surface area contributed by atoms with Crippen LogP contribution in [0.5, 0.6) is 5.75 Å². The molecule has 3 aromatic rings. The fraction of sp³-hybridized carbons (Fsp3) is 0.444. The standard InChI is InChI=1S/C27H28F2N4O3/c28-15-27(9-10-27)16-33-23(30-21-4-5-22(26(34)35)31-25(21)33)14-32-11-6-17(7-12-32)18-2-1-3-19-20(29)8-13-36-24(18)19/h1-5,8,17H,6-7,9-16H2,(H,34,35). The Morgan fingerprint density at radius 1 is 1.17 bits per heavy atom. The highest BCUT2D eigenvalue weighted by molar-refractivity contribution is 5.88. The Morgan fingerprint density at radius 2 is 1.97 bits per heavy atom. The third kappa shape index (κ3) is 4.15. The highest BCUT2D eigenvalue weighted by Gasteiger charge is 2.44. The van der Waals surface area contributed by atoms with Crippen LogP contribution >= 0.6 is 0 Å². The van der Waals surface area contributed by atoms with E-state index in [4.69, 9.17) is 9.72 Å². The van der Waals surface area contributed by atoms with Crippen LogP contribution in [-0.4, -0.2) is 56.9 Å². The topological polar surface area (TPSA) is 80.5 Å². The van der Waals surface area contributed by atoms with Gasteiger partial charge < -0.3 is 14.4 Å². The number of hydrogen-bond acceptors (Lipinski definition) is 5. The van der Waals surface area contributed by atoms with E-state index in [9.17, 15) is 18.7 Å². The summed E-state index contributed by atoms with van der Waals surface area (Å²) >= 11 is 0. The van der Waals surface area contributed by atoms with Crippen LogP contribution in [0.4, 0.5) is 8.78 Å². The summed E-state index contributed by atoms with van der Waals surface area (Å²) in [4.78, 5) is 22.9. The maximum atomic E-state index is 14.3. The third-order valence-electron chi connectivity index (χ3n) is 7.81. The van der Waals surface area contributed by atoms with Crippen molar-refractivity contribution < 1.29 is 23.4 Å². The average molecular weight is 495 g/mol. The molecule has 2 fully saturated rings. The Kier molecular flexibility index (Phi) is 5.75. The van der Waals surface area contributed by atoms with Crippen molar-refractivity contribution in [2.24, 2.45) is 5.41 Å². The highest BCUT2D eigenvalue weighted by Crippen LogP contribution is 2.48. The summed E-state index contributed by atoms with van der Waals surface area (Å²) < 4.78 is 35.8. The predicted octanol–water partition coefficient (Wildman–Crippen LogP) is 4.96. The largest absolute Gasteiger partial charge is 0.488 e. The molecule has 0 radical (unpaired) electrons. The van der Waals surface area contributed by atoms with Gasteiger partial charge in [0.2, 0.25) is 0 Å². The van der Waals surface area contributed by atoms with Crippen molar-refractivity contribution in [2.75, 3.05) is 26.4 Å². The number of carboxylic acid groups (broad SMARTS) is 1. The van der Waals surface area contributed by atoms with Crippen molar-refractivity contribution in [3.05, 3.63) is 59.1 Å². The fourth-order valence-electron chi connectivity index (χ4n) is 5.44. The number of likely N-dealkylation sites (tertiary alicyclic amines) is 1. The molecule has 1 saturated carbocycles. The first-order valence-corrected chi connectivity index (χ1v) is 12.5. The van der Waals surface area contributed by atoms with Gasteiger partial charge in [0.15, 0.2) is 11.3 Å². The van der Waals surface area contributed by atoms with Crippen LogP contribution in [0.3, 0.4) is 0 Å². The number of alkyl halides is 1. The van der Waals surface area contributed by atoms with Crippen LogP contribution in [0, 0.1) is 5.41 Å². The minimum absolute atomic E-state index is 0.0409. The summed E-state index contributed by atoms with van der Waals surface area (Å²) in [6.07, 6.45) is 4.89. The molecule has 0 amide bonds. The fourth-order valence-corrected chi connectivity index (χ4v) is 5.44. The summed E-state index contributed by atoms with van der Waals surface area (Å²) in [6, 6.07) is 8.83. The second-order valence-electron chi connectivity index (χ2n) is 10.2. The van der Waals surface area contributed by atoms with Crippen molar-refractivity contribution in [2.45, 2.75) is 44.7 Å². The number of imidazole rings is 1. The summed E-state index contributed by atoms with van der Waals surface area (Å²) in [6.45, 7) is 2.54. The van der Waals surface area contributed by atoms with Gasteiger partial charge in [0.25, 0.3) is 0 Å². The Labute approximate surface area is 207 Å². The van der Waals surface area contributed by atoms with E-state index < -0.39 is 18.1 Å². The van der Waals surface area contributed by atoms with Gasteiger partial charge in [0.05, 0.1) is 18.8 Å². The lowest BCUT2D eigenvalue weighted by atomic mass is 9.87. The first kappa shape index (κ1) is 23.1. The molecule has 36 heavy (non-hydrogen) atoms. The van der Waals surface area contributed by atoms with Gasteiger partial charge in [-0.2, -0.15) is 0 Å². The van der Waals surface area contributed by atoms with E-state index >= 15 is 0 Å². The number of benzene rings is 1. The molecule has 2 aromatic heterocycles. The summed E-state index contributed by atoms with van der Waals surface area (Å²) in [5, 5.41) is 9.41. The van der Waals surface area contributed by atoms with Crippen molar-refractivity contribution in [1.82, 2.24) is 19.4 Å². The Hall–Kier alpha value is -3.33. The normalized spacial score (nSPS) is 19.6. The number of fused-ring (bicyclic) bond motifs is 2. The average Bonchev–Trinajstić information content (AvgIpc) is 3.60. The lowest BCUT2D eigenvalue weighted by molar-refractivity contribution is 0.0691. The predicted molar refractivity (Wildman–Crippen MR) is 130 cm³/mol. The minimum Gasteiger partial charge on any atom is -0.488 e. The quantitative estimate of drug-likeness (QED) is 0.500. The third-order valence-corrected chi connectivity index (χ3v) is 7.81. The van der Waals surface area contributed by atoms with E-state index in [1.807, 2.05) is 16.7 Å². The molecule has 0 spiro atoms. The number of aromatic nitrogens is 3. The molecule has 188 valence electrons.